The Morgan fingerprint density at radius 3 is 3.08 bits per heavy atom. The molecule has 13 heavy (non-hydrogen) atoms. The maximum atomic E-state index is 4.28. The zero-order valence-electron chi connectivity index (χ0n) is 6.79. The monoisotopic (exact) mass is 238 g/mol. The molecule has 1 spiro atoms. The molecule has 4 nitrogen and oxygen atoms in total. The maximum Gasteiger partial charge on any atom is 0.195 e. The fourth-order valence-electron chi connectivity index (χ4n) is 1.38. The van der Waals surface area contributed by atoms with E-state index in [1.54, 1.807) is 6.20 Å². The van der Waals surface area contributed by atoms with E-state index >= 15 is 0 Å². The van der Waals surface area contributed by atoms with Crippen molar-refractivity contribution >= 4 is 33.8 Å². The highest BCUT2D eigenvalue weighted by molar-refractivity contribution is 9.10. The molecule has 1 aromatic heterocycles. The van der Waals surface area contributed by atoms with E-state index in [9.17, 15) is 0 Å². The first-order valence-corrected chi connectivity index (χ1v) is 4.93. The van der Waals surface area contributed by atoms with E-state index < -0.39 is 0 Å². The van der Waals surface area contributed by atoms with Crippen LogP contribution in [0.4, 0.5) is 11.6 Å². The standard InChI is InChI=1S/C8H7BrN4/c9-5-3-10-6-7(12-5)13-8(1-2-8)4-11-6/h3-4H,1-2H2,(H,12,13). The minimum Gasteiger partial charge on any atom is -0.356 e. The van der Waals surface area contributed by atoms with Crippen LogP contribution >= 0.6 is 15.9 Å². The zero-order valence-corrected chi connectivity index (χ0v) is 8.37. The van der Waals surface area contributed by atoms with Crippen LogP contribution in [0, 0.1) is 0 Å². The van der Waals surface area contributed by atoms with Gasteiger partial charge in [-0.25, -0.2) is 15.0 Å². The normalized spacial score (nSPS) is 21.0. The Bertz CT molecular complexity index is 397. The van der Waals surface area contributed by atoms with E-state index in [1.165, 1.54) is 0 Å². The van der Waals surface area contributed by atoms with E-state index in [4.69, 9.17) is 0 Å². The third kappa shape index (κ3) is 1.14. The van der Waals surface area contributed by atoms with Crippen molar-refractivity contribution in [3.63, 3.8) is 0 Å². The van der Waals surface area contributed by atoms with Gasteiger partial charge in [-0.05, 0) is 28.8 Å². The van der Waals surface area contributed by atoms with Gasteiger partial charge in [0.15, 0.2) is 11.6 Å². The number of hydrogen-bond acceptors (Lipinski definition) is 4. The lowest BCUT2D eigenvalue weighted by molar-refractivity contribution is 0.951. The van der Waals surface area contributed by atoms with E-state index in [0.717, 1.165) is 23.3 Å². The second-order valence-corrected chi connectivity index (χ2v) is 4.22. The van der Waals surface area contributed by atoms with Crippen molar-refractivity contribution in [2.45, 2.75) is 18.4 Å². The quantitative estimate of drug-likeness (QED) is 0.752. The second kappa shape index (κ2) is 2.29. The van der Waals surface area contributed by atoms with Crippen molar-refractivity contribution in [2.75, 3.05) is 5.32 Å². The summed E-state index contributed by atoms with van der Waals surface area (Å²) < 4.78 is 0.742. The molecule has 66 valence electrons. The van der Waals surface area contributed by atoms with Gasteiger partial charge in [-0.15, -0.1) is 0 Å². The average Bonchev–Trinajstić information content (AvgIpc) is 2.84. The molecule has 0 atom stereocenters. The number of anilines is 1. The molecule has 0 bridgehead atoms. The van der Waals surface area contributed by atoms with Crippen LogP contribution in [0.15, 0.2) is 15.8 Å². The number of nitrogens with one attached hydrogen (secondary N) is 1. The molecule has 0 unspecified atom stereocenters. The molecule has 0 saturated heterocycles. The molecule has 0 radical (unpaired) electrons. The van der Waals surface area contributed by atoms with Gasteiger partial charge in [0.2, 0.25) is 0 Å². The summed E-state index contributed by atoms with van der Waals surface area (Å²) in [6.07, 6.45) is 5.88. The van der Waals surface area contributed by atoms with Gasteiger partial charge in [0.05, 0.1) is 11.7 Å². The first kappa shape index (κ1) is 7.44. The van der Waals surface area contributed by atoms with Gasteiger partial charge in [0.25, 0.3) is 0 Å². The van der Waals surface area contributed by atoms with Crippen LogP contribution in [0.2, 0.25) is 0 Å². The highest BCUT2D eigenvalue weighted by Crippen LogP contribution is 2.41. The summed E-state index contributed by atoms with van der Waals surface area (Å²) in [6.45, 7) is 0. The van der Waals surface area contributed by atoms with Crippen molar-refractivity contribution < 1.29 is 0 Å². The lowest BCUT2D eigenvalue weighted by atomic mass is 10.2. The minimum absolute atomic E-state index is 0.0997. The van der Waals surface area contributed by atoms with Gasteiger partial charge in [-0.1, -0.05) is 0 Å². The van der Waals surface area contributed by atoms with Gasteiger partial charge in [0, 0.05) is 6.21 Å². The van der Waals surface area contributed by atoms with E-state index in [2.05, 4.69) is 36.2 Å². The number of hydrogen-bond donors (Lipinski definition) is 1. The van der Waals surface area contributed by atoms with Gasteiger partial charge in [0.1, 0.15) is 4.60 Å². The minimum atomic E-state index is 0.0997. The van der Waals surface area contributed by atoms with Crippen molar-refractivity contribution in [2.24, 2.45) is 4.99 Å². The average molecular weight is 239 g/mol. The van der Waals surface area contributed by atoms with E-state index in [1.807, 2.05) is 6.21 Å². The van der Waals surface area contributed by atoms with Crippen LogP contribution in [0.3, 0.4) is 0 Å². The van der Waals surface area contributed by atoms with Crippen LogP contribution in [0.25, 0.3) is 0 Å². The number of halogens is 1. The summed E-state index contributed by atoms with van der Waals surface area (Å²) in [5.74, 6) is 1.47. The molecule has 0 aromatic carbocycles. The summed E-state index contributed by atoms with van der Waals surface area (Å²) in [4.78, 5) is 12.7. The van der Waals surface area contributed by atoms with Crippen LogP contribution in [-0.4, -0.2) is 21.7 Å². The fraction of sp³-hybridized carbons (Fsp3) is 0.375. The first-order valence-electron chi connectivity index (χ1n) is 4.13. The van der Waals surface area contributed by atoms with Crippen LogP contribution in [0.5, 0.6) is 0 Å². The molecule has 1 aliphatic heterocycles. The van der Waals surface area contributed by atoms with Crippen molar-refractivity contribution in [1.29, 1.82) is 0 Å². The molecular weight excluding hydrogens is 232 g/mol. The molecule has 1 aromatic rings. The lowest BCUT2D eigenvalue weighted by Crippen LogP contribution is -2.26. The molecule has 3 rings (SSSR count). The predicted octanol–water partition coefficient (Wildman–Crippen LogP) is 1.90. The predicted molar refractivity (Wildman–Crippen MR) is 53.5 cm³/mol. The van der Waals surface area contributed by atoms with E-state index in [0.29, 0.717) is 5.82 Å². The number of aromatic nitrogens is 2. The third-order valence-corrected chi connectivity index (χ3v) is 2.70. The van der Waals surface area contributed by atoms with Crippen LogP contribution in [0.1, 0.15) is 12.8 Å². The van der Waals surface area contributed by atoms with Gasteiger partial charge in [-0.3, -0.25) is 0 Å². The molecule has 1 aliphatic carbocycles. The Hall–Kier alpha value is -0.970. The van der Waals surface area contributed by atoms with Crippen molar-refractivity contribution in [3.8, 4) is 0 Å². The first-order chi connectivity index (χ1) is 6.27. The Labute approximate surface area is 83.6 Å². The van der Waals surface area contributed by atoms with Crippen LogP contribution in [-0.2, 0) is 0 Å². The number of rotatable bonds is 0. The van der Waals surface area contributed by atoms with Crippen LogP contribution < -0.4 is 5.32 Å². The molecule has 0 amide bonds. The van der Waals surface area contributed by atoms with Gasteiger partial charge >= 0.3 is 0 Å². The van der Waals surface area contributed by atoms with Gasteiger partial charge in [-0.2, -0.15) is 0 Å². The summed E-state index contributed by atoms with van der Waals surface area (Å²) in [5.41, 5.74) is 0.0997. The fourth-order valence-corrected chi connectivity index (χ4v) is 1.66. The zero-order chi connectivity index (χ0) is 8.89. The molecule has 1 N–H and O–H groups in total. The number of aliphatic imine (C=N–C) groups is 1. The highest BCUT2D eigenvalue weighted by Gasteiger charge is 2.43. The van der Waals surface area contributed by atoms with Crippen molar-refractivity contribution in [3.05, 3.63) is 10.8 Å². The Morgan fingerprint density at radius 2 is 2.31 bits per heavy atom. The second-order valence-electron chi connectivity index (χ2n) is 3.40. The molecule has 2 aliphatic rings. The number of nitrogens with zero attached hydrogens (tertiary/aromatic N) is 3. The largest absolute Gasteiger partial charge is 0.356 e. The Morgan fingerprint density at radius 1 is 1.46 bits per heavy atom. The molecule has 5 heteroatoms. The smallest absolute Gasteiger partial charge is 0.195 e. The summed E-state index contributed by atoms with van der Waals surface area (Å²) >= 11 is 3.28. The van der Waals surface area contributed by atoms with Crippen molar-refractivity contribution in [1.82, 2.24) is 9.97 Å². The lowest BCUT2D eigenvalue weighted by Gasteiger charge is -2.18. The summed E-state index contributed by atoms with van der Waals surface area (Å²) in [6, 6.07) is 0. The highest BCUT2D eigenvalue weighted by atomic mass is 79.9. The molecule has 1 fully saturated rings. The molecule has 1 saturated carbocycles. The SMILES string of the molecule is Brc1cnc2c(n1)NC1(C=N2)CC1. The topological polar surface area (TPSA) is 50.2 Å². The third-order valence-electron chi connectivity index (χ3n) is 2.31. The molecule has 2 heterocycles. The van der Waals surface area contributed by atoms with Gasteiger partial charge < -0.3 is 5.32 Å². The maximum absolute atomic E-state index is 4.28. The Balaban J connectivity index is 2.09. The molecular formula is C8H7BrN4. The Kier molecular flexibility index (Phi) is 1.31. The summed E-state index contributed by atoms with van der Waals surface area (Å²) in [7, 11) is 0. The van der Waals surface area contributed by atoms with E-state index in [-0.39, 0.29) is 5.54 Å². The summed E-state index contributed by atoms with van der Waals surface area (Å²) in [5, 5.41) is 3.34. The number of fused-ring (bicyclic) bond motifs is 1.